The van der Waals surface area contributed by atoms with Gasteiger partial charge < -0.3 is 9.88 Å². The summed E-state index contributed by atoms with van der Waals surface area (Å²) in [6.45, 7) is 0.342. The van der Waals surface area contributed by atoms with Gasteiger partial charge >= 0.3 is 6.18 Å². The van der Waals surface area contributed by atoms with Gasteiger partial charge in [0, 0.05) is 13.2 Å². The summed E-state index contributed by atoms with van der Waals surface area (Å²) in [5.41, 5.74) is -0.772. The van der Waals surface area contributed by atoms with Gasteiger partial charge in [-0.3, -0.25) is 0 Å². The highest BCUT2D eigenvalue weighted by molar-refractivity contribution is 5.36. The number of rotatable bonds is 3. The molecular formula is C10H10F3N5. The van der Waals surface area contributed by atoms with Crippen LogP contribution in [0.3, 0.4) is 0 Å². The van der Waals surface area contributed by atoms with Crippen molar-refractivity contribution in [2.24, 2.45) is 7.05 Å². The number of alkyl halides is 3. The number of halogens is 3. The second kappa shape index (κ2) is 4.63. The smallest absolute Gasteiger partial charge is 0.363 e. The maximum absolute atomic E-state index is 12.3. The summed E-state index contributed by atoms with van der Waals surface area (Å²) in [5, 5.41) is 10.4. The summed E-state index contributed by atoms with van der Waals surface area (Å²) in [5.74, 6) is 1.02. The lowest BCUT2D eigenvalue weighted by Crippen LogP contribution is -2.09. The monoisotopic (exact) mass is 257 g/mol. The molecule has 0 fully saturated rings. The van der Waals surface area contributed by atoms with Crippen LogP contribution >= 0.6 is 0 Å². The first-order chi connectivity index (χ1) is 8.47. The van der Waals surface area contributed by atoms with Gasteiger partial charge in [-0.1, -0.05) is 0 Å². The number of nitrogens with zero attached hydrogens (tertiary/aromatic N) is 4. The van der Waals surface area contributed by atoms with Crippen molar-refractivity contribution in [1.82, 2.24) is 19.7 Å². The Morgan fingerprint density at radius 2 is 2.11 bits per heavy atom. The molecular weight excluding hydrogens is 247 g/mol. The highest BCUT2D eigenvalue weighted by Gasteiger charge is 2.30. The zero-order valence-corrected chi connectivity index (χ0v) is 9.44. The Labute approximate surface area is 101 Å². The first-order valence-corrected chi connectivity index (χ1v) is 5.07. The van der Waals surface area contributed by atoms with E-state index in [1.807, 2.05) is 0 Å². The minimum Gasteiger partial charge on any atom is -0.363 e. The predicted octanol–water partition coefficient (Wildman–Crippen LogP) is 1.84. The molecule has 0 atom stereocenters. The Kier molecular flexibility index (Phi) is 3.17. The van der Waals surface area contributed by atoms with Gasteiger partial charge in [-0.2, -0.15) is 13.2 Å². The largest absolute Gasteiger partial charge is 0.417 e. The van der Waals surface area contributed by atoms with Gasteiger partial charge in [0.2, 0.25) is 0 Å². The minimum atomic E-state index is -4.37. The van der Waals surface area contributed by atoms with Crippen LogP contribution in [-0.2, 0) is 19.8 Å². The molecule has 0 aliphatic carbocycles. The molecule has 0 bridgehead atoms. The highest BCUT2D eigenvalue weighted by Crippen LogP contribution is 2.28. The van der Waals surface area contributed by atoms with Crippen LogP contribution in [0, 0.1) is 0 Å². The molecule has 2 aromatic heterocycles. The fraction of sp³-hybridized carbons (Fsp3) is 0.300. The average Bonchev–Trinajstić information content (AvgIpc) is 2.72. The van der Waals surface area contributed by atoms with E-state index in [-0.39, 0.29) is 0 Å². The van der Waals surface area contributed by atoms with Crippen LogP contribution in [0.2, 0.25) is 0 Å². The molecule has 0 aliphatic rings. The second-order valence-corrected chi connectivity index (χ2v) is 3.64. The van der Waals surface area contributed by atoms with Gasteiger partial charge in [-0.15, -0.1) is 10.2 Å². The van der Waals surface area contributed by atoms with Crippen LogP contribution in [0.25, 0.3) is 0 Å². The molecule has 0 amide bonds. The highest BCUT2D eigenvalue weighted by atomic mass is 19.4. The van der Waals surface area contributed by atoms with E-state index in [1.54, 1.807) is 11.6 Å². The van der Waals surface area contributed by atoms with Gasteiger partial charge in [0.15, 0.2) is 5.82 Å². The lowest BCUT2D eigenvalue weighted by molar-refractivity contribution is -0.137. The number of aromatic nitrogens is 4. The van der Waals surface area contributed by atoms with Crippen LogP contribution in [-0.4, -0.2) is 19.7 Å². The van der Waals surface area contributed by atoms with Crippen molar-refractivity contribution in [2.45, 2.75) is 12.7 Å². The van der Waals surface area contributed by atoms with Crippen molar-refractivity contribution in [3.8, 4) is 0 Å². The third kappa shape index (κ3) is 2.76. The lowest BCUT2D eigenvalue weighted by atomic mass is 10.3. The van der Waals surface area contributed by atoms with E-state index in [4.69, 9.17) is 0 Å². The van der Waals surface area contributed by atoms with Crippen molar-refractivity contribution in [2.75, 3.05) is 5.32 Å². The molecule has 2 aromatic rings. The third-order valence-electron chi connectivity index (χ3n) is 2.32. The molecule has 0 unspecified atom stereocenters. The van der Waals surface area contributed by atoms with E-state index in [1.165, 1.54) is 12.4 Å². The molecule has 1 N–H and O–H groups in total. The predicted molar refractivity (Wildman–Crippen MR) is 57.6 cm³/mol. The zero-order valence-electron chi connectivity index (χ0n) is 9.44. The Balaban J connectivity index is 2.01. The second-order valence-electron chi connectivity index (χ2n) is 3.64. The minimum absolute atomic E-state index is 0.342. The molecule has 2 rings (SSSR count). The van der Waals surface area contributed by atoms with E-state index < -0.39 is 11.7 Å². The summed E-state index contributed by atoms with van der Waals surface area (Å²) >= 11 is 0. The van der Waals surface area contributed by atoms with Gasteiger partial charge in [0.1, 0.15) is 12.1 Å². The molecule has 5 nitrogen and oxygen atoms in total. The maximum atomic E-state index is 12.3. The normalized spacial score (nSPS) is 11.6. The van der Waals surface area contributed by atoms with Crippen molar-refractivity contribution in [1.29, 1.82) is 0 Å². The van der Waals surface area contributed by atoms with Crippen molar-refractivity contribution < 1.29 is 13.2 Å². The summed E-state index contributed by atoms with van der Waals surface area (Å²) in [6.07, 6.45) is -2.04. The first kappa shape index (κ1) is 12.3. The standard InChI is InChI=1S/C10H10F3N5/c1-18-6-16-17-9(18)5-15-8-3-2-7(4-14-8)10(11,12)13/h2-4,6H,5H2,1H3,(H,14,15). The van der Waals surface area contributed by atoms with Gasteiger partial charge in [-0.25, -0.2) is 4.98 Å². The summed E-state index contributed by atoms with van der Waals surface area (Å²) in [6, 6.07) is 2.26. The summed E-state index contributed by atoms with van der Waals surface area (Å²) in [4.78, 5) is 3.69. The van der Waals surface area contributed by atoms with Crippen molar-refractivity contribution in [3.63, 3.8) is 0 Å². The van der Waals surface area contributed by atoms with Crippen LogP contribution in [0.5, 0.6) is 0 Å². The zero-order chi connectivity index (χ0) is 13.2. The number of hydrogen-bond acceptors (Lipinski definition) is 4. The molecule has 18 heavy (non-hydrogen) atoms. The number of pyridine rings is 1. The number of anilines is 1. The van der Waals surface area contributed by atoms with Gasteiger partial charge in [0.25, 0.3) is 0 Å². The molecule has 0 aliphatic heterocycles. The molecule has 0 radical (unpaired) electrons. The molecule has 0 saturated carbocycles. The average molecular weight is 257 g/mol. The Hall–Kier alpha value is -2.12. The topological polar surface area (TPSA) is 55.6 Å². The van der Waals surface area contributed by atoms with Crippen molar-refractivity contribution >= 4 is 5.82 Å². The fourth-order valence-corrected chi connectivity index (χ4v) is 1.30. The third-order valence-corrected chi connectivity index (χ3v) is 2.32. The van der Waals surface area contributed by atoms with E-state index in [0.29, 0.717) is 18.2 Å². The van der Waals surface area contributed by atoms with Gasteiger partial charge in [0.05, 0.1) is 12.1 Å². The Morgan fingerprint density at radius 1 is 1.33 bits per heavy atom. The van der Waals surface area contributed by atoms with E-state index in [9.17, 15) is 13.2 Å². The van der Waals surface area contributed by atoms with Crippen molar-refractivity contribution in [3.05, 3.63) is 36.0 Å². The summed E-state index contributed by atoms with van der Waals surface area (Å²) < 4.78 is 38.6. The Morgan fingerprint density at radius 3 is 2.61 bits per heavy atom. The van der Waals surface area contributed by atoms with Crippen LogP contribution in [0.4, 0.5) is 19.0 Å². The van der Waals surface area contributed by atoms with E-state index >= 15 is 0 Å². The number of hydrogen-bond donors (Lipinski definition) is 1. The van der Waals surface area contributed by atoms with E-state index in [2.05, 4.69) is 20.5 Å². The Bertz CT molecular complexity index is 517. The molecule has 0 aromatic carbocycles. The first-order valence-electron chi connectivity index (χ1n) is 5.07. The molecule has 96 valence electrons. The quantitative estimate of drug-likeness (QED) is 0.911. The maximum Gasteiger partial charge on any atom is 0.417 e. The van der Waals surface area contributed by atoms with Crippen LogP contribution < -0.4 is 5.32 Å². The lowest BCUT2D eigenvalue weighted by Gasteiger charge is -2.08. The molecule has 0 saturated heterocycles. The number of aryl methyl sites for hydroxylation is 1. The van der Waals surface area contributed by atoms with Crippen LogP contribution in [0.15, 0.2) is 24.7 Å². The fourth-order valence-electron chi connectivity index (χ4n) is 1.30. The van der Waals surface area contributed by atoms with E-state index in [0.717, 1.165) is 12.3 Å². The molecule has 0 spiro atoms. The van der Waals surface area contributed by atoms with Gasteiger partial charge in [-0.05, 0) is 12.1 Å². The molecule has 8 heteroatoms. The molecule has 2 heterocycles. The number of nitrogens with one attached hydrogen (secondary N) is 1. The SMILES string of the molecule is Cn1cnnc1CNc1ccc(C(F)(F)F)cn1. The summed E-state index contributed by atoms with van der Waals surface area (Å²) in [7, 11) is 1.77. The van der Waals surface area contributed by atoms with Crippen LogP contribution in [0.1, 0.15) is 11.4 Å².